The normalized spacial score (nSPS) is 16.1. The van der Waals surface area contributed by atoms with Gasteiger partial charge in [-0.15, -0.1) is 0 Å². The van der Waals surface area contributed by atoms with Crippen molar-refractivity contribution in [2.75, 3.05) is 25.1 Å². The third kappa shape index (κ3) is 6.80. The summed E-state index contributed by atoms with van der Waals surface area (Å²) in [5, 5.41) is 5.68. The van der Waals surface area contributed by atoms with Crippen LogP contribution in [0.1, 0.15) is 49.5 Å². The second-order valence-corrected chi connectivity index (χ2v) is 9.57. The van der Waals surface area contributed by atoms with E-state index >= 15 is 0 Å². The van der Waals surface area contributed by atoms with Crippen molar-refractivity contribution < 1.29 is 19.1 Å². The lowest BCUT2D eigenvalue weighted by atomic mass is 9.86. The molecule has 2 N–H and O–H groups in total. The van der Waals surface area contributed by atoms with E-state index in [-0.39, 0.29) is 29.9 Å². The van der Waals surface area contributed by atoms with Gasteiger partial charge in [-0.3, -0.25) is 9.59 Å². The number of benzene rings is 2. The Bertz CT molecular complexity index is 933. The number of hydrogen-bond donors (Lipinski definition) is 2. The Morgan fingerprint density at radius 3 is 2.71 bits per heavy atom. The number of ether oxygens (including phenoxy) is 2. The molecule has 2 aromatic rings. The van der Waals surface area contributed by atoms with Crippen molar-refractivity contribution in [2.45, 2.75) is 45.1 Å². The van der Waals surface area contributed by atoms with Crippen LogP contribution < -0.4 is 15.4 Å². The van der Waals surface area contributed by atoms with Crippen LogP contribution in [0.4, 0.5) is 5.69 Å². The third-order valence-electron chi connectivity index (χ3n) is 5.03. The van der Waals surface area contributed by atoms with Gasteiger partial charge >= 0.3 is 0 Å². The molecule has 0 radical (unpaired) electrons. The van der Waals surface area contributed by atoms with E-state index in [0.29, 0.717) is 23.5 Å². The van der Waals surface area contributed by atoms with Crippen LogP contribution in [0.5, 0.6) is 5.75 Å². The number of halogens is 1. The van der Waals surface area contributed by atoms with E-state index < -0.39 is 0 Å². The molecule has 7 heteroatoms. The van der Waals surface area contributed by atoms with Crippen molar-refractivity contribution in [3.8, 4) is 5.75 Å². The molecule has 1 aliphatic rings. The number of anilines is 1. The Morgan fingerprint density at radius 1 is 1.19 bits per heavy atom. The summed E-state index contributed by atoms with van der Waals surface area (Å²) in [6, 6.07) is 12.6. The van der Waals surface area contributed by atoms with E-state index in [9.17, 15) is 9.59 Å². The Labute approximate surface area is 191 Å². The van der Waals surface area contributed by atoms with Crippen molar-refractivity contribution in [3.05, 3.63) is 58.1 Å². The fraction of sp³-hybridized carbons (Fsp3) is 0.417. The summed E-state index contributed by atoms with van der Waals surface area (Å²) in [7, 11) is 0. The van der Waals surface area contributed by atoms with Gasteiger partial charge < -0.3 is 20.1 Å². The largest absolute Gasteiger partial charge is 0.483 e. The van der Waals surface area contributed by atoms with Crippen LogP contribution in [-0.2, 0) is 14.9 Å². The van der Waals surface area contributed by atoms with Crippen LogP contribution in [0.15, 0.2) is 46.9 Å². The predicted molar refractivity (Wildman–Crippen MR) is 125 cm³/mol. The molecule has 1 fully saturated rings. The smallest absolute Gasteiger partial charge is 0.262 e. The van der Waals surface area contributed by atoms with Gasteiger partial charge in [-0.1, -0.05) is 42.8 Å². The van der Waals surface area contributed by atoms with Crippen LogP contribution in [-0.4, -0.2) is 37.7 Å². The maximum Gasteiger partial charge on any atom is 0.262 e. The Kier molecular flexibility index (Phi) is 7.73. The zero-order valence-electron chi connectivity index (χ0n) is 18.2. The molecule has 1 aliphatic heterocycles. The average molecular weight is 489 g/mol. The minimum atomic E-state index is -0.292. The summed E-state index contributed by atoms with van der Waals surface area (Å²) in [6.45, 7) is 7.40. The molecule has 0 aromatic heterocycles. The zero-order chi connectivity index (χ0) is 22.4. The molecule has 1 saturated heterocycles. The maximum atomic E-state index is 12.4. The molecule has 1 unspecified atom stereocenters. The van der Waals surface area contributed by atoms with Crippen LogP contribution in [0.3, 0.4) is 0 Å². The first-order chi connectivity index (χ1) is 14.7. The SMILES string of the molecule is CC(C)(C)c1cc(Br)ccc1OCC(=O)Nc1cccc(C(=O)NCC2CCCO2)c1. The van der Waals surface area contributed by atoms with E-state index in [4.69, 9.17) is 9.47 Å². The monoisotopic (exact) mass is 488 g/mol. The number of amides is 2. The number of rotatable bonds is 7. The standard InChI is InChI=1S/C24H29BrN2O4/c1-24(2,3)20-13-17(25)9-10-21(20)31-15-22(28)27-18-7-4-6-16(12-18)23(29)26-14-19-8-5-11-30-19/h4,6-7,9-10,12-13,19H,5,8,11,14-15H2,1-3H3,(H,26,29)(H,27,28). The highest BCUT2D eigenvalue weighted by Crippen LogP contribution is 2.33. The van der Waals surface area contributed by atoms with Gasteiger partial charge in [0.1, 0.15) is 5.75 Å². The summed E-state index contributed by atoms with van der Waals surface area (Å²) in [6.07, 6.45) is 2.08. The first-order valence-corrected chi connectivity index (χ1v) is 11.2. The van der Waals surface area contributed by atoms with Crippen LogP contribution in [0, 0.1) is 0 Å². The number of carbonyl (C=O) groups is 2. The average Bonchev–Trinajstić information content (AvgIpc) is 3.24. The minimum absolute atomic E-state index is 0.0839. The molecule has 0 saturated carbocycles. The lowest BCUT2D eigenvalue weighted by Crippen LogP contribution is -2.31. The van der Waals surface area contributed by atoms with Crippen LogP contribution in [0.2, 0.25) is 0 Å². The van der Waals surface area contributed by atoms with Gasteiger partial charge in [0.25, 0.3) is 11.8 Å². The molecule has 0 aliphatic carbocycles. The Hall–Kier alpha value is -2.38. The molecule has 31 heavy (non-hydrogen) atoms. The Balaban J connectivity index is 1.56. The van der Waals surface area contributed by atoms with Gasteiger partial charge in [0.2, 0.25) is 0 Å². The first-order valence-electron chi connectivity index (χ1n) is 10.4. The van der Waals surface area contributed by atoms with E-state index in [0.717, 1.165) is 29.5 Å². The van der Waals surface area contributed by atoms with Gasteiger partial charge in [0, 0.05) is 34.4 Å². The fourth-order valence-corrected chi connectivity index (χ4v) is 3.77. The summed E-state index contributed by atoms with van der Waals surface area (Å²) < 4.78 is 12.3. The molecule has 3 rings (SSSR count). The molecule has 6 nitrogen and oxygen atoms in total. The molecule has 1 heterocycles. The quantitative estimate of drug-likeness (QED) is 0.593. The highest BCUT2D eigenvalue weighted by atomic mass is 79.9. The van der Waals surface area contributed by atoms with E-state index in [1.807, 2.05) is 18.2 Å². The predicted octanol–water partition coefficient (Wildman–Crippen LogP) is 4.67. The summed E-state index contributed by atoms with van der Waals surface area (Å²) in [5.41, 5.74) is 1.92. The second-order valence-electron chi connectivity index (χ2n) is 8.65. The van der Waals surface area contributed by atoms with Gasteiger partial charge in [0.05, 0.1) is 6.10 Å². The van der Waals surface area contributed by atoms with E-state index in [1.54, 1.807) is 24.3 Å². The minimum Gasteiger partial charge on any atom is -0.483 e. The van der Waals surface area contributed by atoms with Crippen molar-refractivity contribution in [3.63, 3.8) is 0 Å². The zero-order valence-corrected chi connectivity index (χ0v) is 19.8. The molecule has 166 valence electrons. The van der Waals surface area contributed by atoms with E-state index in [2.05, 4.69) is 47.3 Å². The number of hydrogen-bond acceptors (Lipinski definition) is 4. The highest BCUT2D eigenvalue weighted by Gasteiger charge is 2.20. The number of nitrogens with one attached hydrogen (secondary N) is 2. The highest BCUT2D eigenvalue weighted by molar-refractivity contribution is 9.10. The molecule has 2 aromatic carbocycles. The molecule has 1 atom stereocenters. The maximum absolute atomic E-state index is 12.4. The van der Waals surface area contributed by atoms with Crippen molar-refractivity contribution in [1.29, 1.82) is 0 Å². The first kappa shape index (κ1) is 23.3. The van der Waals surface area contributed by atoms with Crippen molar-refractivity contribution in [2.24, 2.45) is 0 Å². The van der Waals surface area contributed by atoms with Crippen molar-refractivity contribution >= 4 is 33.4 Å². The second kappa shape index (κ2) is 10.3. The fourth-order valence-electron chi connectivity index (χ4n) is 3.41. The van der Waals surface area contributed by atoms with Crippen molar-refractivity contribution in [1.82, 2.24) is 5.32 Å². The van der Waals surface area contributed by atoms with Gasteiger partial charge in [0.15, 0.2) is 6.61 Å². The summed E-state index contributed by atoms with van der Waals surface area (Å²) in [4.78, 5) is 24.8. The Morgan fingerprint density at radius 2 is 2.00 bits per heavy atom. The van der Waals surface area contributed by atoms with Crippen LogP contribution >= 0.6 is 15.9 Å². The summed E-state index contributed by atoms with van der Waals surface area (Å²) >= 11 is 3.49. The summed E-state index contributed by atoms with van der Waals surface area (Å²) in [5.74, 6) is 0.195. The molecule has 0 bridgehead atoms. The van der Waals surface area contributed by atoms with E-state index in [1.165, 1.54) is 0 Å². The molecule has 0 spiro atoms. The lowest BCUT2D eigenvalue weighted by molar-refractivity contribution is -0.118. The third-order valence-corrected chi connectivity index (χ3v) is 5.52. The molecule has 2 amide bonds. The molecular weight excluding hydrogens is 460 g/mol. The topological polar surface area (TPSA) is 76.7 Å². The van der Waals surface area contributed by atoms with Gasteiger partial charge in [-0.05, 0) is 54.7 Å². The van der Waals surface area contributed by atoms with Crippen LogP contribution in [0.25, 0.3) is 0 Å². The van der Waals surface area contributed by atoms with Gasteiger partial charge in [-0.2, -0.15) is 0 Å². The lowest BCUT2D eigenvalue weighted by Gasteiger charge is -2.23. The van der Waals surface area contributed by atoms with Gasteiger partial charge in [-0.25, -0.2) is 0 Å². The number of carbonyl (C=O) groups excluding carboxylic acids is 2. The molecular formula is C24H29BrN2O4.